The molecular weight excluding hydrogens is 378 g/mol. The van der Waals surface area contributed by atoms with Crippen molar-refractivity contribution in [2.45, 2.75) is 6.42 Å². The first kappa shape index (κ1) is 18.0. The number of ether oxygens (including phenoxy) is 1. The fourth-order valence-electron chi connectivity index (χ4n) is 3.87. The van der Waals surface area contributed by atoms with Gasteiger partial charge in [-0.2, -0.15) is 5.26 Å². The summed E-state index contributed by atoms with van der Waals surface area (Å²) in [6, 6.07) is 16.5. The van der Waals surface area contributed by atoms with Gasteiger partial charge in [0.2, 0.25) is 0 Å². The van der Waals surface area contributed by atoms with Gasteiger partial charge in [0.1, 0.15) is 17.1 Å². The maximum absolute atomic E-state index is 13.1. The number of nitrogens with zero attached hydrogens (tertiary/aromatic N) is 3. The summed E-state index contributed by atoms with van der Waals surface area (Å²) in [7, 11) is 1.60. The van der Waals surface area contributed by atoms with Crippen molar-refractivity contribution in [1.82, 2.24) is 4.98 Å². The highest BCUT2D eigenvalue weighted by atomic mass is 16.5. The molecule has 4 aromatic rings. The first-order valence-corrected chi connectivity index (χ1v) is 9.55. The van der Waals surface area contributed by atoms with E-state index in [-0.39, 0.29) is 5.91 Å². The van der Waals surface area contributed by atoms with E-state index in [1.54, 1.807) is 66.9 Å². The number of nitriles is 1. The minimum atomic E-state index is -0.0707. The number of rotatable bonds is 3. The summed E-state index contributed by atoms with van der Waals surface area (Å²) in [5, 5.41) is 9.98. The van der Waals surface area contributed by atoms with Crippen LogP contribution in [0.3, 0.4) is 0 Å². The molecule has 1 aliphatic heterocycles. The highest BCUT2D eigenvalue weighted by Crippen LogP contribution is 2.38. The molecule has 2 aromatic carbocycles. The summed E-state index contributed by atoms with van der Waals surface area (Å²) < 4.78 is 11.2. The molecule has 2 aromatic heterocycles. The number of hydrogen-bond donors (Lipinski definition) is 0. The maximum Gasteiger partial charge on any atom is 0.258 e. The Morgan fingerprint density at radius 2 is 2.00 bits per heavy atom. The monoisotopic (exact) mass is 395 g/mol. The summed E-state index contributed by atoms with van der Waals surface area (Å²) in [5.74, 6) is 1.32. The molecule has 30 heavy (non-hydrogen) atoms. The lowest BCUT2D eigenvalue weighted by Gasteiger charge is -2.17. The third-order valence-corrected chi connectivity index (χ3v) is 5.40. The van der Waals surface area contributed by atoms with E-state index in [0.717, 1.165) is 28.6 Å². The Bertz CT molecular complexity index is 1320. The quantitative estimate of drug-likeness (QED) is 0.507. The van der Waals surface area contributed by atoms with Gasteiger partial charge in [-0.1, -0.05) is 0 Å². The van der Waals surface area contributed by atoms with Gasteiger partial charge < -0.3 is 14.1 Å². The van der Waals surface area contributed by atoms with Gasteiger partial charge in [-0.25, -0.2) is 0 Å². The van der Waals surface area contributed by atoms with Crippen molar-refractivity contribution in [2.24, 2.45) is 0 Å². The molecule has 0 saturated carbocycles. The third kappa shape index (κ3) is 2.88. The van der Waals surface area contributed by atoms with E-state index in [4.69, 9.17) is 14.4 Å². The molecule has 0 aliphatic carbocycles. The molecule has 146 valence electrons. The van der Waals surface area contributed by atoms with Crippen molar-refractivity contribution in [3.05, 3.63) is 77.6 Å². The Kier molecular flexibility index (Phi) is 4.22. The van der Waals surface area contributed by atoms with E-state index in [9.17, 15) is 4.79 Å². The van der Waals surface area contributed by atoms with Crippen LogP contribution in [0.4, 0.5) is 5.69 Å². The number of carbonyl (C=O) groups is 1. The molecule has 5 rings (SSSR count). The van der Waals surface area contributed by atoms with Crippen LogP contribution in [0.15, 0.2) is 65.3 Å². The van der Waals surface area contributed by atoms with E-state index < -0.39 is 0 Å². The van der Waals surface area contributed by atoms with Gasteiger partial charge in [-0.3, -0.25) is 9.78 Å². The minimum absolute atomic E-state index is 0.0707. The van der Waals surface area contributed by atoms with E-state index in [2.05, 4.69) is 11.1 Å². The Morgan fingerprint density at radius 1 is 1.17 bits per heavy atom. The van der Waals surface area contributed by atoms with Crippen molar-refractivity contribution in [2.75, 3.05) is 18.6 Å². The summed E-state index contributed by atoms with van der Waals surface area (Å²) in [4.78, 5) is 19.2. The van der Waals surface area contributed by atoms with Crippen molar-refractivity contribution in [3.8, 4) is 23.1 Å². The maximum atomic E-state index is 13.1. The van der Waals surface area contributed by atoms with E-state index in [1.807, 2.05) is 6.07 Å². The second-order valence-corrected chi connectivity index (χ2v) is 7.10. The number of fused-ring (bicyclic) bond motifs is 2. The van der Waals surface area contributed by atoms with Gasteiger partial charge in [0.25, 0.3) is 5.91 Å². The number of amides is 1. The summed E-state index contributed by atoms with van der Waals surface area (Å²) in [6.45, 7) is 0.581. The summed E-state index contributed by atoms with van der Waals surface area (Å²) in [5.41, 5.74) is 4.60. The number of pyridine rings is 1. The number of carbonyl (C=O) groups excluding carboxylic acids is 1. The first-order chi connectivity index (χ1) is 14.7. The molecule has 3 heterocycles. The van der Waals surface area contributed by atoms with Gasteiger partial charge >= 0.3 is 0 Å². The average molecular weight is 395 g/mol. The molecule has 0 spiro atoms. The van der Waals surface area contributed by atoms with Crippen LogP contribution in [-0.4, -0.2) is 24.5 Å². The molecule has 0 N–H and O–H groups in total. The molecule has 0 fully saturated rings. The summed E-state index contributed by atoms with van der Waals surface area (Å²) in [6.07, 6.45) is 4.21. The third-order valence-electron chi connectivity index (χ3n) is 5.40. The van der Waals surface area contributed by atoms with E-state index >= 15 is 0 Å². The van der Waals surface area contributed by atoms with Gasteiger partial charge in [-0.15, -0.1) is 0 Å². The fraction of sp³-hybridized carbons (Fsp3) is 0.125. The number of methoxy groups -OCH3 is 1. The van der Waals surface area contributed by atoms with Gasteiger partial charge in [0.05, 0.1) is 30.6 Å². The van der Waals surface area contributed by atoms with E-state index in [1.165, 1.54) is 0 Å². The molecule has 0 unspecified atom stereocenters. The average Bonchev–Trinajstić information content (AvgIpc) is 3.42. The molecular formula is C24H17N3O3. The molecule has 1 aliphatic rings. The Morgan fingerprint density at radius 3 is 2.77 bits per heavy atom. The fourth-order valence-corrected chi connectivity index (χ4v) is 3.87. The van der Waals surface area contributed by atoms with Crippen LogP contribution in [0.5, 0.6) is 5.75 Å². The van der Waals surface area contributed by atoms with Crippen molar-refractivity contribution in [1.29, 1.82) is 5.26 Å². The molecule has 0 radical (unpaired) electrons. The standard InChI is InChI=1S/C24H17N3O3/c1-29-18-5-3-16(4-6-18)24(28)27-9-8-19-20(13-26-14-21(19)27)23-11-17-10-15(12-25)2-7-22(17)30-23/h2-7,10-11,13-14H,8-9H2,1H3. The SMILES string of the molecule is COc1ccc(C(=O)N2CCc3c(-c4cc5cc(C#N)ccc5o4)cncc32)cc1. The lowest BCUT2D eigenvalue weighted by Crippen LogP contribution is -2.28. The second kappa shape index (κ2) is 7.05. The molecule has 6 nitrogen and oxygen atoms in total. The van der Waals surface area contributed by atoms with Crippen molar-refractivity contribution >= 4 is 22.6 Å². The van der Waals surface area contributed by atoms with Gasteiger partial charge in [0, 0.05) is 29.3 Å². The van der Waals surface area contributed by atoms with Crippen LogP contribution >= 0.6 is 0 Å². The zero-order valence-corrected chi connectivity index (χ0v) is 16.3. The zero-order valence-electron chi connectivity index (χ0n) is 16.3. The highest BCUT2D eigenvalue weighted by molar-refractivity contribution is 6.07. The number of aromatic nitrogens is 1. The molecule has 0 atom stereocenters. The smallest absolute Gasteiger partial charge is 0.258 e. The van der Waals surface area contributed by atoms with Crippen LogP contribution in [0.1, 0.15) is 21.5 Å². The largest absolute Gasteiger partial charge is 0.497 e. The number of anilines is 1. The molecule has 6 heteroatoms. The first-order valence-electron chi connectivity index (χ1n) is 9.55. The number of hydrogen-bond acceptors (Lipinski definition) is 5. The van der Waals surface area contributed by atoms with Crippen LogP contribution in [0.25, 0.3) is 22.3 Å². The Hall–Kier alpha value is -4.11. The Labute approximate surface area is 172 Å². The normalized spacial score (nSPS) is 12.6. The predicted octanol–water partition coefficient (Wildman–Crippen LogP) is 4.58. The van der Waals surface area contributed by atoms with Gasteiger partial charge in [0.15, 0.2) is 0 Å². The van der Waals surface area contributed by atoms with Crippen LogP contribution in [0.2, 0.25) is 0 Å². The van der Waals surface area contributed by atoms with Crippen LogP contribution in [0, 0.1) is 11.3 Å². The van der Waals surface area contributed by atoms with Crippen molar-refractivity contribution in [3.63, 3.8) is 0 Å². The van der Waals surface area contributed by atoms with Crippen molar-refractivity contribution < 1.29 is 13.9 Å². The van der Waals surface area contributed by atoms with Crippen LogP contribution < -0.4 is 9.64 Å². The second-order valence-electron chi connectivity index (χ2n) is 7.10. The lowest BCUT2D eigenvalue weighted by molar-refractivity contribution is 0.0989. The Balaban J connectivity index is 1.52. The minimum Gasteiger partial charge on any atom is -0.497 e. The van der Waals surface area contributed by atoms with Gasteiger partial charge in [-0.05, 0) is 60.5 Å². The lowest BCUT2D eigenvalue weighted by atomic mass is 10.1. The predicted molar refractivity (Wildman–Crippen MR) is 113 cm³/mol. The number of benzene rings is 2. The molecule has 1 amide bonds. The van der Waals surface area contributed by atoms with E-state index in [0.29, 0.717) is 34.8 Å². The van der Waals surface area contributed by atoms with Crippen LogP contribution in [-0.2, 0) is 6.42 Å². The topological polar surface area (TPSA) is 79.4 Å². The number of furan rings is 1. The highest BCUT2D eigenvalue weighted by Gasteiger charge is 2.29. The zero-order chi connectivity index (χ0) is 20.7. The molecule has 0 bridgehead atoms. The summed E-state index contributed by atoms with van der Waals surface area (Å²) >= 11 is 0. The molecule has 0 saturated heterocycles.